The zero-order valence-electron chi connectivity index (χ0n) is 12.4. The van der Waals surface area contributed by atoms with Crippen molar-refractivity contribution in [2.24, 2.45) is 5.92 Å². The Bertz CT molecular complexity index is 520. The molecule has 2 fully saturated rings. The molecule has 0 aliphatic carbocycles. The van der Waals surface area contributed by atoms with Gasteiger partial charge in [0.15, 0.2) is 0 Å². The lowest BCUT2D eigenvalue weighted by Gasteiger charge is -2.39. The molecule has 21 heavy (non-hydrogen) atoms. The Morgan fingerprint density at radius 2 is 2.00 bits per heavy atom. The number of ether oxygens (including phenoxy) is 1. The van der Waals surface area contributed by atoms with E-state index in [0.717, 1.165) is 12.8 Å². The highest BCUT2D eigenvalue weighted by Crippen LogP contribution is 2.31. The standard InChI is InChI=1S/C17H22FNO2/c1-21-16-6-11(5-13(18)10-16)7-17(20)12-8-14-3-2-4-15(9-12)19-14/h5-6,10,12,14-15,19H,2-4,7-9H2,1H3. The fourth-order valence-electron chi connectivity index (χ4n) is 3.71. The van der Waals surface area contributed by atoms with Gasteiger partial charge in [-0.3, -0.25) is 4.79 Å². The van der Waals surface area contributed by atoms with E-state index in [1.165, 1.54) is 38.5 Å². The molecular weight excluding hydrogens is 269 g/mol. The van der Waals surface area contributed by atoms with E-state index in [2.05, 4.69) is 5.32 Å². The normalized spacial score (nSPS) is 28.2. The Hall–Kier alpha value is -1.42. The van der Waals surface area contributed by atoms with Crippen LogP contribution in [0.5, 0.6) is 5.75 Å². The summed E-state index contributed by atoms with van der Waals surface area (Å²) in [5, 5.41) is 3.60. The van der Waals surface area contributed by atoms with Crippen LogP contribution in [-0.4, -0.2) is 25.0 Å². The van der Waals surface area contributed by atoms with Gasteiger partial charge in [-0.15, -0.1) is 0 Å². The molecule has 2 atom stereocenters. The van der Waals surface area contributed by atoms with Crippen molar-refractivity contribution in [2.45, 2.75) is 50.6 Å². The fourth-order valence-corrected chi connectivity index (χ4v) is 3.71. The zero-order valence-corrected chi connectivity index (χ0v) is 12.4. The predicted molar refractivity (Wildman–Crippen MR) is 78.9 cm³/mol. The van der Waals surface area contributed by atoms with E-state index in [0.29, 0.717) is 29.8 Å². The van der Waals surface area contributed by atoms with Crippen molar-refractivity contribution in [1.29, 1.82) is 0 Å². The summed E-state index contributed by atoms with van der Waals surface area (Å²) in [6, 6.07) is 5.51. The highest BCUT2D eigenvalue weighted by molar-refractivity contribution is 5.83. The molecule has 3 nitrogen and oxygen atoms in total. The van der Waals surface area contributed by atoms with Crippen molar-refractivity contribution in [3.05, 3.63) is 29.6 Å². The SMILES string of the molecule is COc1cc(F)cc(CC(=O)C2CC3CCCC(C2)N3)c1. The first-order valence-corrected chi connectivity index (χ1v) is 7.76. The zero-order chi connectivity index (χ0) is 14.8. The lowest BCUT2D eigenvalue weighted by Crippen LogP contribution is -2.50. The topological polar surface area (TPSA) is 38.3 Å². The van der Waals surface area contributed by atoms with Gasteiger partial charge in [-0.25, -0.2) is 4.39 Å². The number of piperidine rings is 2. The van der Waals surface area contributed by atoms with Gasteiger partial charge in [0.05, 0.1) is 7.11 Å². The fraction of sp³-hybridized carbons (Fsp3) is 0.588. The molecule has 2 aliphatic heterocycles. The Morgan fingerprint density at radius 1 is 1.29 bits per heavy atom. The van der Waals surface area contributed by atoms with E-state index in [1.54, 1.807) is 6.07 Å². The molecule has 0 aromatic heterocycles. The summed E-state index contributed by atoms with van der Waals surface area (Å²) in [5.74, 6) is 0.483. The van der Waals surface area contributed by atoms with Gasteiger partial charge >= 0.3 is 0 Å². The largest absolute Gasteiger partial charge is 0.497 e. The lowest BCUT2D eigenvalue weighted by molar-refractivity contribution is -0.124. The first-order valence-electron chi connectivity index (χ1n) is 7.76. The molecule has 114 valence electrons. The number of carbonyl (C=O) groups is 1. The number of hydrogen-bond acceptors (Lipinski definition) is 3. The van der Waals surface area contributed by atoms with Crippen LogP contribution in [0.4, 0.5) is 4.39 Å². The molecule has 2 heterocycles. The highest BCUT2D eigenvalue weighted by Gasteiger charge is 2.34. The summed E-state index contributed by atoms with van der Waals surface area (Å²) in [5.41, 5.74) is 0.709. The number of methoxy groups -OCH3 is 1. The minimum absolute atomic E-state index is 0.121. The van der Waals surface area contributed by atoms with Gasteiger partial charge in [-0.1, -0.05) is 6.42 Å². The second kappa shape index (κ2) is 6.14. The molecule has 0 spiro atoms. The number of fused-ring (bicyclic) bond motifs is 2. The molecule has 0 radical (unpaired) electrons. The van der Waals surface area contributed by atoms with Crippen LogP contribution in [0.1, 0.15) is 37.7 Å². The van der Waals surface area contributed by atoms with Crippen molar-refractivity contribution in [1.82, 2.24) is 5.32 Å². The van der Waals surface area contributed by atoms with Gasteiger partial charge in [-0.05, 0) is 43.4 Å². The molecule has 2 bridgehead atoms. The third-order valence-electron chi connectivity index (χ3n) is 4.72. The number of halogens is 1. The summed E-state index contributed by atoms with van der Waals surface area (Å²) in [6.45, 7) is 0. The van der Waals surface area contributed by atoms with Crippen molar-refractivity contribution < 1.29 is 13.9 Å². The molecule has 2 unspecified atom stereocenters. The molecule has 2 saturated heterocycles. The summed E-state index contributed by atoms with van der Waals surface area (Å²) >= 11 is 0. The number of hydrogen-bond donors (Lipinski definition) is 1. The van der Waals surface area contributed by atoms with E-state index < -0.39 is 0 Å². The summed E-state index contributed by atoms with van der Waals surface area (Å²) in [4.78, 5) is 12.5. The second-order valence-corrected chi connectivity index (χ2v) is 6.30. The quantitative estimate of drug-likeness (QED) is 0.927. The van der Waals surface area contributed by atoms with Crippen LogP contribution in [-0.2, 0) is 11.2 Å². The number of nitrogens with one attached hydrogen (secondary N) is 1. The third kappa shape index (κ3) is 3.43. The second-order valence-electron chi connectivity index (χ2n) is 6.30. The summed E-state index contributed by atoms with van der Waals surface area (Å²) in [7, 11) is 1.51. The number of carbonyl (C=O) groups excluding carboxylic acids is 1. The van der Waals surface area contributed by atoms with Crippen LogP contribution in [0.3, 0.4) is 0 Å². The average molecular weight is 291 g/mol. The monoisotopic (exact) mass is 291 g/mol. The van der Waals surface area contributed by atoms with Crippen molar-refractivity contribution in [2.75, 3.05) is 7.11 Å². The van der Waals surface area contributed by atoms with Gasteiger partial charge in [0.25, 0.3) is 0 Å². The lowest BCUT2D eigenvalue weighted by atomic mass is 9.77. The number of Topliss-reactive ketones (excluding diaryl/α,β-unsaturated/α-hetero) is 1. The molecular formula is C17H22FNO2. The van der Waals surface area contributed by atoms with E-state index >= 15 is 0 Å². The van der Waals surface area contributed by atoms with Gasteiger partial charge in [-0.2, -0.15) is 0 Å². The Kier molecular flexibility index (Phi) is 4.24. The number of rotatable bonds is 4. The maximum absolute atomic E-state index is 13.5. The Balaban J connectivity index is 1.67. The van der Waals surface area contributed by atoms with Crippen molar-refractivity contribution in [3.63, 3.8) is 0 Å². The van der Waals surface area contributed by atoms with E-state index in [-0.39, 0.29) is 17.5 Å². The molecule has 3 rings (SSSR count). The Morgan fingerprint density at radius 3 is 2.67 bits per heavy atom. The first kappa shape index (κ1) is 14.5. The van der Waals surface area contributed by atoms with E-state index in [1.807, 2.05) is 0 Å². The third-order valence-corrected chi connectivity index (χ3v) is 4.72. The van der Waals surface area contributed by atoms with Gasteiger partial charge in [0, 0.05) is 30.5 Å². The van der Waals surface area contributed by atoms with E-state index in [4.69, 9.17) is 4.74 Å². The summed E-state index contributed by atoms with van der Waals surface area (Å²) in [6.07, 6.45) is 5.79. The maximum Gasteiger partial charge on any atom is 0.140 e. The van der Waals surface area contributed by atoms with Gasteiger partial charge < -0.3 is 10.1 Å². The summed E-state index contributed by atoms with van der Waals surface area (Å²) < 4.78 is 18.6. The molecule has 1 aromatic rings. The van der Waals surface area contributed by atoms with Crippen LogP contribution >= 0.6 is 0 Å². The van der Waals surface area contributed by atoms with Crippen molar-refractivity contribution in [3.8, 4) is 5.75 Å². The van der Waals surface area contributed by atoms with Crippen LogP contribution in [0.15, 0.2) is 18.2 Å². The molecule has 4 heteroatoms. The van der Waals surface area contributed by atoms with E-state index in [9.17, 15) is 9.18 Å². The van der Waals surface area contributed by atoms with Crippen LogP contribution in [0, 0.1) is 11.7 Å². The maximum atomic E-state index is 13.5. The molecule has 0 amide bonds. The van der Waals surface area contributed by atoms with Crippen LogP contribution in [0.25, 0.3) is 0 Å². The molecule has 1 N–H and O–H groups in total. The average Bonchev–Trinajstić information content (AvgIpc) is 2.46. The number of ketones is 1. The first-order chi connectivity index (χ1) is 10.1. The predicted octanol–water partition coefficient (Wildman–Crippen LogP) is 2.87. The van der Waals surface area contributed by atoms with Gasteiger partial charge in [0.1, 0.15) is 17.3 Å². The van der Waals surface area contributed by atoms with Crippen molar-refractivity contribution >= 4 is 5.78 Å². The number of benzene rings is 1. The molecule has 2 aliphatic rings. The molecule has 1 aromatic carbocycles. The minimum Gasteiger partial charge on any atom is -0.497 e. The van der Waals surface area contributed by atoms with Crippen LogP contribution in [0.2, 0.25) is 0 Å². The Labute approximate surface area is 124 Å². The minimum atomic E-state index is -0.348. The molecule has 0 saturated carbocycles. The highest BCUT2D eigenvalue weighted by atomic mass is 19.1. The smallest absolute Gasteiger partial charge is 0.140 e. The van der Waals surface area contributed by atoms with Crippen LogP contribution < -0.4 is 10.1 Å². The van der Waals surface area contributed by atoms with Gasteiger partial charge in [0.2, 0.25) is 0 Å².